The minimum atomic E-state index is -4.12. The van der Waals surface area contributed by atoms with Crippen molar-refractivity contribution in [3.05, 3.63) is 88.6 Å². The van der Waals surface area contributed by atoms with E-state index in [-0.39, 0.29) is 28.5 Å². The average molecular weight is 483 g/mol. The highest BCUT2D eigenvalue weighted by Crippen LogP contribution is 2.24. The van der Waals surface area contributed by atoms with Crippen molar-refractivity contribution < 1.29 is 17.6 Å². The molecule has 0 atom stereocenters. The first-order valence-electron chi connectivity index (χ1n) is 10.6. The van der Waals surface area contributed by atoms with Crippen molar-refractivity contribution in [2.75, 3.05) is 10.0 Å². The number of halogens is 1. The molecule has 4 aromatic rings. The van der Waals surface area contributed by atoms with Gasteiger partial charge in [0.05, 0.1) is 21.6 Å². The molecule has 8 nitrogen and oxygen atoms in total. The third kappa shape index (κ3) is 4.44. The monoisotopic (exact) mass is 482 g/mol. The normalized spacial score (nSPS) is 11.5. The maximum Gasteiger partial charge on any atom is 0.329 e. The van der Waals surface area contributed by atoms with Crippen molar-refractivity contribution in [2.24, 2.45) is 0 Å². The molecule has 0 aliphatic carbocycles. The van der Waals surface area contributed by atoms with E-state index >= 15 is 0 Å². The molecule has 3 aromatic carbocycles. The molecule has 0 aliphatic rings. The van der Waals surface area contributed by atoms with Crippen LogP contribution in [0.25, 0.3) is 11.0 Å². The largest absolute Gasteiger partial charge is 0.329 e. The highest BCUT2D eigenvalue weighted by atomic mass is 32.2. The fraction of sp³-hybridized carbons (Fsp3) is 0.167. The topological polar surface area (TPSA) is 102 Å². The molecule has 0 saturated heterocycles. The van der Waals surface area contributed by atoms with Crippen LogP contribution in [0.4, 0.5) is 15.8 Å². The smallest absolute Gasteiger partial charge is 0.324 e. The van der Waals surface area contributed by atoms with Crippen LogP contribution in [0.5, 0.6) is 0 Å². The molecule has 0 bridgehead atoms. The lowest BCUT2D eigenvalue weighted by atomic mass is 10.2. The third-order valence-electron chi connectivity index (χ3n) is 5.42. The summed E-state index contributed by atoms with van der Waals surface area (Å²) in [6.07, 6.45) is 0. The predicted molar refractivity (Wildman–Crippen MR) is 129 cm³/mol. The van der Waals surface area contributed by atoms with E-state index in [2.05, 4.69) is 10.0 Å². The molecule has 0 saturated carbocycles. The summed E-state index contributed by atoms with van der Waals surface area (Å²) in [5.74, 6) is -1.19. The van der Waals surface area contributed by atoms with E-state index in [9.17, 15) is 22.4 Å². The fourth-order valence-corrected chi connectivity index (χ4v) is 5.13. The first kappa shape index (κ1) is 23.2. The molecule has 1 heterocycles. The first-order chi connectivity index (χ1) is 16.2. The Labute approximate surface area is 195 Å². The highest BCUT2D eigenvalue weighted by molar-refractivity contribution is 7.92. The number of imidazole rings is 1. The van der Waals surface area contributed by atoms with Gasteiger partial charge >= 0.3 is 5.69 Å². The van der Waals surface area contributed by atoms with Gasteiger partial charge in [-0.3, -0.25) is 18.7 Å². The predicted octanol–water partition coefficient (Wildman–Crippen LogP) is 3.71. The summed E-state index contributed by atoms with van der Waals surface area (Å²) in [6, 6.07) is 17.0. The van der Waals surface area contributed by atoms with E-state index in [4.69, 9.17) is 0 Å². The molecule has 1 aromatic heterocycles. The van der Waals surface area contributed by atoms with Gasteiger partial charge in [-0.25, -0.2) is 17.6 Å². The maximum absolute atomic E-state index is 14.0. The van der Waals surface area contributed by atoms with Crippen LogP contribution in [0.1, 0.15) is 12.5 Å². The van der Waals surface area contributed by atoms with E-state index in [1.807, 2.05) is 19.1 Å². The standard InChI is InChI=1S/C24H23FN4O4S/c1-3-28-20-10-6-7-11-21(20)29(24(28)31)15-23(30)26-17-13-12-16(2)22(14-17)34(32,33)27-19-9-5-4-8-18(19)25/h4-14,27H,3,15H2,1-2H3,(H,26,30). The number of hydrogen-bond donors (Lipinski definition) is 2. The molecular formula is C24H23FN4O4S. The zero-order valence-corrected chi connectivity index (χ0v) is 19.4. The van der Waals surface area contributed by atoms with Gasteiger partial charge in [0.1, 0.15) is 12.4 Å². The number of nitrogens with one attached hydrogen (secondary N) is 2. The lowest BCUT2D eigenvalue weighted by molar-refractivity contribution is -0.116. The lowest BCUT2D eigenvalue weighted by Crippen LogP contribution is -2.29. The Morgan fingerprint density at radius 1 is 0.971 bits per heavy atom. The molecule has 1 amide bonds. The number of sulfonamides is 1. The molecule has 0 radical (unpaired) electrons. The van der Waals surface area contributed by atoms with Gasteiger partial charge in [-0.2, -0.15) is 0 Å². The van der Waals surface area contributed by atoms with E-state index in [1.165, 1.54) is 28.8 Å². The number of benzene rings is 3. The second kappa shape index (κ2) is 9.14. The van der Waals surface area contributed by atoms with Gasteiger partial charge in [0.25, 0.3) is 10.0 Å². The summed E-state index contributed by atoms with van der Waals surface area (Å²) in [4.78, 5) is 25.4. The van der Waals surface area contributed by atoms with Crippen LogP contribution in [0.15, 0.2) is 76.4 Å². The number of para-hydroxylation sites is 3. The number of aryl methyl sites for hydroxylation is 2. The van der Waals surface area contributed by atoms with Gasteiger partial charge in [0, 0.05) is 12.2 Å². The number of carbonyl (C=O) groups is 1. The van der Waals surface area contributed by atoms with Crippen molar-refractivity contribution in [1.82, 2.24) is 9.13 Å². The Morgan fingerprint density at radius 3 is 2.29 bits per heavy atom. The lowest BCUT2D eigenvalue weighted by Gasteiger charge is -2.13. The second-order valence-corrected chi connectivity index (χ2v) is 9.37. The summed E-state index contributed by atoms with van der Waals surface area (Å²) in [5, 5.41) is 2.65. The number of rotatable bonds is 7. The van der Waals surface area contributed by atoms with Gasteiger partial charge in [0.15, 0.2) is 0 Å². The maximum atomic E-state index is 14.0. The summed E-state index contributed by atoms with van der Waals surface area (Å²) in [6.45, 7) is 3.67. The second-order valence-electron chi connectivity index (χ2n) is 7.72. The number of aromatic nitrogens is 2. The number of amides is 1. The quantitative estimate of drug-likeness (QED) is 0.419. The zero-order chi connectivity index (χ0) is 24.5. The van der Waals surface area contributed by atoms with Crippen LogP contribution in [-0.2, 0) is 27.9 Å². The van der Waals surface area contributed by atoms with Crippen LogP contribution in [0.2, 0.25) is 0 Å². The molecule has 34 heavy (non-hydrogen) atoms. The molecule has 4 rings (SSSR count). The van der Waals surface area contributed by atoms with Crippen molar-refractivity contribution in [2.45, 2.75) is 31.8 Å². The Balaban J connectivity index is 1.59. The van der Waals surface area contributed by atoms with Crippen LogP contribution in [0.3, 0.4) is 0 Å². The van der Waals surface area contributed by atoms with E-state index < -0.39 is 21.7 Å². The Bertz CT molecular complexity index is 1560. The molecule has 0 fully saturated rings. The van der Waals surface area contributed by atoms with Gasteiger partial charge in [0.2, 0.25) is 5.91 Å². The summed E-state index contributed by atoms with van der Waals surface area (Å²) in [7, 11) is -4.12. The molecule has 10 heteroatoms. The third-order valence-corrected chi connectivity index (χ3v) is 6.93. The first-order valence-corrected chi connectivity index (χ1v) is 12.1. The highest BCUT2D eigenvalue weighted by Gasteiger charge is 2.20. The number of carbonyl (C=O) groups excluding carboxylic acids is 1. The fourth-order valence-electron chi connectivity index (χ4n) is 3.79. The van der Waals surface area contributed by atoms with Crippen molar-refractivity contribution in [3.8, 4) is 0 Å². The van der Waals surface area contributed by atoms with Crippen molar-refractivity contribution >= 4 is 38.3 Å². The number of fused-ring (bicyclic) bond motifs is 1. The van der Waals surface area contributed by atoms with E-state index in [0.29, 0.717) is 17.6 Å². The average Bonchev–Trinajstić information content (AvgIpc) is 3.07. The summed E-state index contributed by atoms with van der Waals surface area (Å²) < 4.78 is 44.9. The minimum Gasteiger partial charge on any atom is -0.324 e. The number of hydrogen-bond acceptors (Lipinski definition) is 4. The molecule has 0 aliphatic heterocycles. The molecular weight excluding hydrogens is 459 g/mol. The SMILES string of the molecule is CCn1c(=O)n(CC(=O)Nc2ccc(C)c(S(=O)(=O)Nc3ccccc3F)c2)c2ccccc21. The Hall–Kier alpha value is -3.92. The van der Waals surface area contributed by atoms with Gasteiger partial charge in [-0.15, -0.1) is 0 Å². The Morgan fingerprint density at radius 2 is 1.62 bits per heavy atom. The summed E-state index contributed by atoms with van der Waals surface area (Å²) in [5.41, 5.74) is 1.53. The van der Waals surface area contributed by atoms with Crippen LogP contribution < -0.4 is 15.7 Å². The molecule has 176 valence electrons. The number of nitrogens with zero attached hydrogens (tertiary/aromatic N) is 2. The van der Waals surface area contributed by atoms with E-state index in [1.54, 1.807) is 35.8 Å². The minimum absolute atomic E-state index is 0.103. The van der Waals surface area contributed by atoms with E-state index in [0.717, 1.165) is 11.6 Å². The summed E-state index contributed by atoms with van der Waals surface area (Å²) >= 11 is 0. The Kier molecular flexibility index (Phi) is 6.25. The van der Waals surface area contributed by atoms with Crippen LogP contribution in [0, 0.1) is 12.7 Å². The molecule has 0 spiro atoms. The van der Waals surface area contributed by atoms with Gasteiger partial charge in [-0.1, -0.05) is 30.3 Å². The molecule has 2 N–H and O–H groups in total. The van der Waals surface area contributed by atoms with Gasteiger partial charge < -0.3 is 5.32 Å². The zero-order valence-electron chi connectivity index (χ0n) is 18.6. The van der Waals surface area contributed by atoms with Crippen molar-refractivity contribution in [1.29, 1.82) is 0 Å². The number of anilines is 2. The molecule has 0 unspecified atom stereocenters. The van der Waals surface area contributed by atoms with Crippen LogP contribution in [-0.4, -0.2) is 23.5 Å². The van der Waals surface area contributed by atoms with Crippen molar-refractivity contribution in [3.63, 3.8) is 0 Å². The van der Waals surface area contributed by atoms with Crippen LogP contribution >= 0.6 is 0 Å². The van der Waals surface area contributed by atoms with Gasteiger partial charge in [-0.05, 0) is 55.8 Å².